The molecular weight excluding hydrogens is 412 g/mol. The number of rotatable bonds is 6. The molecule has 0 radical (unpaired) electrons. The molecule has 6 heteroatoms. The Morgan fingerprint density at radius 2 is 1.58 bits per heavy atom. The average Bonchev–Trinajstić information content (AvgIpc) is 2.75. The van der Waals surface area contributed by atoms with Crippen molar-refractivity contribution in [2.24, 2.45) is 0 Å². The van der Waals surface area contributed by atoms with E-state index < -0.39 is 5.78 Å². The highest BCUT2D eigenvalue weighted by atomic mass is 35.5. The lowest BCUT2D eigenvalue weighted by atomic mass is 9.82. The van der Waals surface area contributed by atoms with Gasteiger partial charge in [-0.15, -0.1) is 0 Å². The Morgan fingerprint density at radius 3 is 2.29 bits per heavy atom. The number of ether oxygens (including phenoxy) is 1. The molecular formula is C25H23ClN2O3. The molecule has 158 valence electrons. The van der Waals surface area contributed by atoms with Gasteiger partial charge in [0.25, 0.3) is 0 Å². The summed E-state index contributed by atoms with van der Waals surface area (Å²) in [5, 5.41) is 0.362. The fourth-order valence-corrected chi connectivity index (χ4v) is 4.03. The fourth-order valence-electron chi connectivity index (χ4n) is 3.86. The average molecular weight is 435 g/mol. The van der Waals surface area contributed by atoms with Crippen molar-refractivity contribution in [3.8, 4) is 11.5 Å². The van der Waals surface area contributed by atoms with E-state index in [-0.39, 0.29) is 45.2 Å². The van der Waals surface area contributed by atoms with Gasteiger partial charge in [-0.3, -0.25) is 9.59 Å². The molecule has 4 N–H and O–H groups in total. The van der Waals surface area contributed by atoms with E-state index in [4.69, 9.17) is 27.8 Å². The summed E-state index contributed by atoms with van der Waals surface area (Å²) in [5.74, 6) is 0.0615. The number of carbonyl (C=O) groups excluding carboxylic acids is 2. The van der Waals surface area contributed by atoms with Gasteiger partial charge in [0.1, 0.15) is 5.75 Å². The molecule has 0 atom stereocenters. The van der Waals surface area contributed by atoms with Crippen LogP contribution in [0.1, 0.15) is 63.6 Å². The lowest BCUT2D eigenvalue weighted by molar-refractivity contribution is 0.0980. The van der Waals surface area contributed by atoms with Gasteiger partial charge in [-0.2, -0.15) is 0 Å². The molecule has 0 saturated heterocycles. The Hall–Kier alpha value is -3.31. The van der Waals surface area contributed by atoms with Crippen LogP contribution in [0.4, 0.5) is 11.4 Å². The number of anilines is 2. The Balaban J connectivity index is 1.68. The Morgan fingerprint density at radius 1 is 0.871 bits per heavy atom. The number of benzene rings is 3. The molecule has 5 nitrogen and oxygen atoms in total. The van der Waals surface area contributed by atoms with E-state index in [1.54, 1.807) is 6.07 Å². The van der Waals surface area contributed by atoms with E-state index in [1.807, 2.05) is 24.3 Å². The number of aryl methyl sites for hydroxylation is 1. The van der Waals surface area contributed by atoms with Crippen molar-refractivity contribution < 1.29 is 14.3 Å². The Bertz CT molecular complexity index is 1190. The number of nitrogens with two attached hydrogens (primary N) is 2. The summed E-state index contributed by atoms with van der Waals surface area (Å²) >= 11 is 6.03. The van der Waals surface area contributed by atoms with Crippen molar-refractivity contribution in [3.05, 3.63) is 81.4 Å². The molecule has 1 aliphatic carbocycles. The number of hydrogen-bond donors (Lipinski definition) is 2. The van der Waals surface area contributed by atoms with Gasteiger partial charge < -0.3 is 16.2 Å². The van der Waals surface area contributed by atoms with E-state index in [9.17, 15) is 9.59 Å². The van der Waals surface area contributed by atoms with Gasteiger partial charge in [0.2, 0.25) is 0 Å². The largest absolute Gasteiger partial charge is 0.455 e. The van der Waals surface area contributed by atoms with Crippen molar-refractivity contribution >= 4 is 34.5 Å². The molecule has 0 heterocycles. The zero-order valence-corrected chi connectivity index (χ0v) is 18.0. The van der Waals surface area contributed by atoms with Gasteiger partial charge in [0.05, 0.1) is 16.8 Å². The molecule has 0 spiro atoms. The second-order valence-electron chi connectivity index (χ2n) is 7.68. The topological polar surface area (TPSA) is 95.4 Å². The van der Waals surface area contributed by atoms with Crippen LogP contribution < -0.4 is 16.2 Å². The second-order valence-corrected chi connectivity index (χ2v) is 8.12. The molecule has 0 aromatic heterocycles. The minimum absolute atomic E-state index is 0.0611. The lowest BCUT2D eigenvalue weighted by Gasteiger charge is -2.22. The van der Waals surface area contributed by atoms with E-state index in [0.29, 0.717) is 10.8 Å². The van der Waals surface area contributed by atoms with Crippen LogP contribution in [0.2, 0.25) is 5.02 Å². The van der Waals surface area contributed by atoms with Gasteiger partial charge >= 0.3 is 0 Å². The first-order valence-corrected chi connectivity index (χ1v) is 10.7. The van der Waals surface area contributed by atoms with Crippen LogP contribution >= 0.6 is 11.6 Å². The van der Waals surface area contributed by atoms with Crippen LogP contribution in [-0.2, 0) is 6.42 Å². The number of nitrogen functional groups attached to an aromatic ring is 2. The molecule has 0 bridgehead atoms. The minimum Gasteiger partial charge on any atom is -0.455 e. The molecule has 0 amide bonds. The lowest BCUT2D eigenvalue weighted by Crippen LogP contribution is -2.24. The predicted octanol–water partition coefficient (Wildman–Crippen LogP) is 5.80. The molecule has 0 saturated carbocycles. The minimum atomic E-state index is -0.395. The molecule has 3 aromatic rings. The summed E-state index contributed by atoms with van der Waals surface area (Å²) in [4.78, 5) is 26.1. The van der Waals surface area contributed by atoms with Gasteiger partial charge in [-0.05, 0) is 48.7 Å². The van der Waals surface area contributed by atoms with E-state index in [2.05, 4.69) is 6.92 Å². The summed E-state index contributed by atoms with van der Waals surface area (Å²) in [6, 6.07) is 13.8. The molecule has 4 rings (SSSR count). The smallest absolute Gasteiger partial charge is 0.196 e. The summed E-state index contributed by atoms with van der Waals surface area (Å²) in [5.41, 5.74) is 14.6. The number of carbonyl (C=O) groups is 2. The third-order valence-corrected chi connectivity index (χ3v) is 5.74. The monoisotopic (exact) mass is 434 g/mol. The molecule has 0 fully saturated rings. The number of unbranched alkanes of at least 4 members (excludes halogenated alkanes) is 2. The van der Waals surface area contributed by atoms with E-state index in [0.717, 1.165) is 12.8 Å². The molecule has 0 aliphatic heterocycles. The van der Waals surface area contributed by atoms with Crippen molar-refractivity contribution in [3.63, 3.8) is 0 Å². The van der Waals surface area contributed by atoms with Crippen molar-refractivity contribution in [1.82, 2.24) is 0 Å². The van der Waals surface area contributed by atoms with Crippen LogP contribution in [0.3, 0.4) is 0 Å². The molecule has 0 unspecified atom stereocenters. The number of hydrogen-bond acceptors (Lipinski definition) is 5. The highest BCUT2D eigenvalue weighted by Crippen LogP contribution is 2.41. The second kappa shape index (κ2) is 8.44. The maximum Gasteiger partial charge on any atom is 0.196 e. The van der Waals surface area contributed by atoms with Crippen LogP contribution in [0.15, 0.2) is 48.5 Å². The zero-order chi connectivity index (χ0) is 22.1. The van der Waals surface area contributed by atoms with Crippen molar-refractivity contribution in [1.29, 1.82) is 0 Å². The highest BCUT2D eigenvalue weighted by Gasteiger charge is 2.34. The molecule has 3 aromatic carbocycles. The standard InChI is InChI=1S/C25H23ClN2O3/c1-2-3-4-5-14-6-9-16(10-7-14)31-20-13-19(27)21-22(23(20)28)25(30)18-12-15(26)8-11-17(18)24(21)29/h6-13H,2-5,27-28H2,1H3. The van der Waals surface area contributed by atoms with Crippen molar-refractivity contribution in [2.45, 2.75) is 32.6 Å². The maximum absolute atomic E-state index is 13.2. The third kappa shape index (κ3) is 3.89. The Kier molecular flexibility index (Phi) is 5.70. The van der Waals surface area contributed by atoms with E-state index >= 15 is 0 Å². The van der Waals surface area contributed by atoms with Gasteiger partial charge in [-0.25, -0.2) is 0 Å². The number of fused-ring (bicyclic) bond motifs is 2. The van der Waals surface area contributed by atoms with Gasteiger partial charge in [0, 0.05) is 27.9 Å². The number of ketones is 2. The van der Waals surface area contributed by atoms with Crippen molar-refractivity contribution in [2.75, 3.05) is 11.5 Å². The van der Waals surface area contributed by atoms with Crippen LogP contribution in [-0.4, -0.2) is 11.6 Å². The van der Waals surface area contributed by atoms with Crippen LogP contribution in [0, 0.1) is 0 Å². The van der Waals surface area contributed by atoms with E-state index in [1.165, 1.54) is 36.6 Å². The zero-order valence-electron chi connectivity index (χ0n) is 17.2. The summed E-state index contributed by atoms with van der Waals surface area (Å²) in [7, 11) is 0. The molecule has 31 heavy (non-hydrogen) atoms. The first-order valence-electron chi connectivity index (χ1n) is 10.3. The number of halogens is 1. The highest BCUT2D eigenvalue weighted by molar-refractivity contribution is 6.35. The van der Waals surface area contributed by atoms with Gasteiger partial charge in [0.15, 0.2) is 17.3 Å². The predicted molar refractivity (Wildman–Crippen MR) is 123 cm³/mol. The maximum atomic E-state index is 13.2. The quantitative estimate of drug-likeness (QED) is 0.295. The van der Waals surface area contributed by atoms with Crippen LogP contribution in [0.25, 0.3) is 0 Å². The third-order valence-electron chi connectivity index (χ3n) is 5.51. The fraction of sp³-hybridized carbons (Fsp3) is 0.200. The summed E-state index contributed by atoms with van der Waals surface area (Å²) in [6.45, 7) is 2.18. The summed E-state index contributed by atoms with van der Waals surface area (Å²) < 4.78 is 5.94. The van der Waals surface area contributed by atoms with Crippen LogP contribution in [0.5, 0.6) is 11.5 Å². The SMILES string of the molecule is CCCCCc1ccc(Oc2cc(N)c3c(c2N)C(=O)c2cc(Cl)ccc2C3=O)cc1. The first-order chi connectivity index (χ1) is 14.9. The Labute approximate surface area is 186 Å². The summed E-state index contributed by atoms with van der Waals surface area (Å²) in [6.07, 6.45) is 4.54. The van der Waals surface area contributed by atoms with Gasteiger partial charge in [-0.1, -0.05) is 43.5 Å². The molecule has 1 aliphatic rings. The first kappa shape index (κ1) is 20.9. The normalized spacial score (nSPS) is 12.5.